The highest BCUT2D eigenvalue weighted by molar-refractivity contribution is 5.75. The first-order chi connectivity index (χ1) is 14.4. The van der Waals surface area contributed by atoms with E-state index in [9.17, 15) is 15.0 Å². The zero-order chi connectivity index (χ0) is 21.9. The summed E-state index contributed by atoms with van der Waals surface area (Å²) in [7, 11) is 4.03. The summed E-state index contributed by atoms with van der Waals surface area (Å²) in [4.78, 5) is 14.3. The molecule has 2 rings (SSSR count). The molecule has 0 fully saturated rings. The largest absolute Gasteiger partial charge is 0.394 e. The summed E-state index contributed by atoms with van der Waals surface area (Å²) in [6.45, 7) is 1.73. The molecule has 2 aromatic rings. The van der Waals surface area contributed by atoms with Gasteiger partial charge in [-0.3, -0.25) is 4.79 Å². The van der Waals surface area contributed by atoms with Gasteiger partial charge in [-0.1, -0.05) is 43.4 Å². The molecule has 1 heterocycles. The molecule has 2 atom stereocenters. The highest BCUT2D eigenvalue weighted by Crippen LogP contribution is 2.14. The lowest BCUT2D eigenvalue weighted by molar-refractivity contribution is -0.684. The van der Waals surface area contributed by atoms with E-state index in [0.717, 1.165) is 23.2 Å². The number of rotatable bonds is 10. The van der Waals surface area contributed by atoms with Crippen LogP contribution < -0.4 is 14.8 Å². The Labute approximate surface area is 178 Å². The van der Waals surface area contributed by atoms with Crippen LogP contribution in [0.15, 0.2) is 60.9 Å². The number of hydrogen-bond acceptors (Lipinski definition) is 4. The van der Waals surface area contributed by atoms with E-state index in [1.54, 1.807) is 16.7 Å². The highest BCUT2D eigenvalue weighted by atomic mass is 16.3. The number of carbonyl (C=O) groups is 1. The van der Waals surface area contributed by atoms with Gasteiger partial charge < -0.3 is 20.4 Å². The van der Waals surface area contributed by atoms with E-state index < -0.39 is 12.1 Å². The number of nitrogens with one attached hydrogen (secondary N) is 1. The Morgan fingerprint density at radius 2 is 1.70 bits per heavy atom. The smallest absolute Gasteiger partial charge is 0.286 e. The normalized spacial score (nSPS) is 13.5. The van der Waals surface area contributed by atoms with Crippen LogP contribution in [0.3, 0.4) is 0 Å². The van der Waals surface area contributed by atoms with Gasteiger partial charge in [0.1, 0.15) is 0 Å². The summed E-state index contributed by atoms with van der Waals surface area (Å²) < 4.78 is 1.75. The highest BCUT2D eigenvalue weighted by Gasteiger charge is 2.20. The molecule has 160 valence electrons. The SMILES string of the molecule is CC/C=C/[C@@H](O)[C@H](CO)NC(=O)C[n+]1ccc(/C=C/c2ccc(N(C)C)cc2)cc1. The maximum atomic E-state index is 12.2. The van der Waals surface area contributed by atoms with Gasteiger partial charge in [-0.25, -0.2) is 0 Å². The van der Waals surface area contributed by atoms with Crippen LogP contribution in [0.25, 0.3) is 12.2 Å². The van der Waals surface area contributed by atoms with Gasteiger partial charge in [-0.05, 0) is 29.7 Å². The van der Waals surface area contributed by atoms with Crippen LogP contribution in [0.2, 0.25) is 0 Å². The third kappa shape index (κ3) is 7.46. The Bertz CT molecular complexity index is 843. The molecule has 0 saturated carbocycles. The number of benzene rings is 1. The predicted octanol–water partition coefficient (Wildman–Crippen LogP) is 2.01. The fourth-order valence-electron chi connectivity index (χ4n) is 2.83. The van der Waals surface area contributed by atoms with Crippen molar-refractivity contribution in [3.05, 3.63) is 72.1 Å². The molecule has 0 aliphatic rings. The van der Waals surface area contributed by atoms with Crippen LogP contribution in [-0.4, -0.2) is 49.0 Å². The average molecular weight is 411 g/mol. The number of anilines is 1. The van der Waals surface area contributed by atoms with Gasteiger partial charge in [0.05, 0.1) is 18.8 Å². The molecule has 0 aliphatic carbocycles. The van der Waals surface area contributed by atoms with Crippen molar-refractivity contribution in [2.45, 2.75) is 32.0 Å². The van der Waals surface area contributed by atoms with Gasteiger partial charge in [0.25, 0.3) is 5.91 Å². The lowest BCUT2D eigenvalue weighted by Crippen LogP contribution is -2.50. The second-order valence-electron chi connectivity index (χ2n) is 7.31. The third-order valence-corrected chi connectivity index (χ3v) is 4.65. The number of allylic oxidation sites excluding steroid dienone is 1. The summed E-state index contributed by atoms with van der Waals surface area (Å²) >= 11 is 0. The first-order valence-corrected chi connectivity index (χ1v) is 10.1. The van der Waals surface area contributed by atoms with Crippen LogP contribution in [0.4, 0.5) is 5.69 Å². The number of pyridine rings is 1. The van der Waals surface area contributed by atoms with Crippen molar-refractivity contribution in [1.29, 1.82) is 0 Å². The number of aromatic nitrogens is 1. The van der Waals surface area contributed by atoms with Gasteiger partial charge >= 0.3 is 0 Å². The second-order valence-corrected chi connectivity index (χ2v) is 7.31. The number of hydrogen-bond donors (Lipinski definition) is 3. The van der Waals surface area contributed by atoms with E-state index >= 15 is 0 Å². The molecule has 0 aliphatic heterocycles. The fraction of sp³-hybridized carbons (Fsp3) is 0.333. The van der Waals surface area contributed by atoms with Crippen molar-refractivity contribution < 1.29 is 19.6 Å². The number of aliphatic hydroxyl groups excluding tert-OH is 2. The Kier molecular flexibility index (Phi) is 9.25. The van der Waals surface area contributed by atoms with E-state index in [1.165, 1.54) is 0 Å². The van der Waals surface area contributed by atoms with Crippen LogP contribution >= 0.6 is 0 Å². The number of carbonyl (C=O) groups excluding carboxylic acids is 1. The Morgan fingerprint density at radius 3 is 2.23 bits per heavy atom. The number of nitrogens with zero attached hydrogens (tertiary/aromatic N) is 2. The Morgan fingerprint density at radius 1 is 1.10 bits per heavy atom. The van der Waals surface area contributed by atoms with Crippen molar-refractivity contribution in [2.75, 3.05) is 25.6 Å². The molecule has 1 aromatic heterocycles. The van der Waals surface area contributed by atoms with E-state index in [2.05, 4.69) is 34.5 Å². The van der Waals surface area contributed by atoms with E-state index in [4.69, 9.17) is 0 Å². The van der Waals surface area contributed by atoms with Crippen LogP contribution in [0, 0.1) is 0 Å². The zero-order valence-electron chi connectivity index (χ0n) is 17.9. The minimum atomic E-state index is -0.914. The van der Waals surface area contributed by atoms with E-state index in [1.807, 2.05) is 57.7 Å². The second kappa shape index (κ2) is 11.9. The average Bonchev–Trinajstić information content (AvgIpc) is 2.75. The molecule has 1 amide bonds. The maximum Gasteiger partial charge on any atom is 0.286 e. The molecule has 0 saturated heterocycles. The number of amides is 1. The van der Waals surface area contributed by atoms with Crippen molar-refractivity contribution in [1.82, 2.24) is 5.32 Å². The summed E-state index contributed by atoms with van der Waals surface area (Å²) in [5, 5.41) is 22.1. The molecule has 6 nitrogen and oxygen atoms in total. The fourth-order valence-corrected chi connectivity index (χ4v) is 2.83. The van der Waals surface area contributed by atoms with Gasteiger partial charge in [0.2, 0.25) is 6.54 Å². The van der Waals surface area contributed by atoms with Gasteiger partial charge in [-0.15, -0.1) is 0 Å². The Balaban J connectivity index is 1.91. The lowest BCUT2D eigenvalue weighted by atomic mass is 10.1. The summed E-state index contributed by atoms with van der Waals surface area (Å²) in [6.07, 6.45) is 11.0. The van der Waals surface area contributed by atoms with Crippen molar-refractivity contribution in [3.63, 3.8) is 0 Å². The third-order valence-electron chi connectivity index (χ3n) is 4.65. The molecule has 3 N–H and O–H groups in total. The summed E-state index contributed by atoms with van der Waals surface area (Å²) in [5.41, 5.74) is 3.29. The van der Waals surface area contributed by atoms with Gasteiger partial charge in [0, 0.05) is 31.9 Å². The van der Waals surface area contributed by atoms with Crippen LogP contribution in [0.1, 0.15) is 24.5 Å². The molecule has 0 bridgehead atoms. The molecule has 0 radical (unpaired) electrons. The minimum absolute atomic E-state index is 0.108. The number of aliphatic hydroxyl groups is 2. The summed E-state index contributed by atoms with van der Waals surface area (Å²) in [6, 6.07) is 11.4. The minimum Gasteiger partial charge on any atom is -0.394 e. The molecular weight excluding hydrogens is 378 g/mol. The first kappa shape index (κ1) is 23.3. The van der Waals surface area contributed by atoms with Crippen LogP contribution in [0.5, 0.6) is 0 Å². The van der Waals surface area contributed by atoms with Crippen LogP contribution in [-0.2, 0) is 11.3 Å². The standard InChI is InChI=1S/C24H31N3O3/c1-4-5-6-23(29)22(18-28)25-24(30)17-27-15-13-20(14-16-27)8-7-19-9-11-21(12-10-19)26(2)3/h5-16,22-23,28-29H,4,17-18H2,1-3H3/p+1/b6-5+/t22-,23+/m0/s1. The molecule has 0 spiro atoms. The molecular formula is C24H32N3O3+. The van der Waals surface area contributed by atoms with E-state index in [0.29, 0.717) is 0 Å². The molecule has 0 unspecified atom stereocenters. The van der Waals surface area contributed by atoms with Gasteiger partial charge in [0.15, 0.2) is 12.4 Å². The molecule has 6 heteroatoms. The quantitative estimate of drug-likeness (QED) is 0.414. The predicted molar refractivity (Wildman–Crippen MR) is 121 cm³/mol. The Hall–Kier alpha value is -2.96. The van der Waals surface area contributed by atoms with Crippen molar-refractivity contribution in [2.24, 2.45) is 0 Å². The monoisotopic (exact) mass is 410 g/mol. The lowest BCUT2D eigenvalue weighted by Gasteiger charge is -2.18. The topological polar surface area (TPSA) is 76.7 Å². The first-order valence-electron chi connectivity index (χ1n) is 10.1. The van der Waals surface area contributed by atoms with E-state index in [-0.39, 0.29) is 19.1 Å². The zero-order valence-corrected chi connectivity index (χ0v) is 17.9. The molecule has 1 aromatic carbocycles. The summed E-state index contributed by atoms with van der Waals surface area (Å²) in [5.74, 6) is -0.271. The van der Waals surface area contributed by atoms with Crippen molar-refractivity contribution >= 4 is 23.7 Å². The molecule has 30 heavy (non-hydrogen) atoms. The van der Waals surface area contributed by atoms with Crippen molar-refractivity contribution in [3.8, 4) is 0 Å². The van der Waals surface area contributed by atoms with Gasteiger partial charge in [-0.2, -0.15) is 4.57 Å². The maximum absolute atomic E-state index is 12.2.